The van der Waals surface area contributed by atoms with E-state index in [-0.39, 0.29) is 17.3 Å². The Morgan fingerprint density at radius 1 is 1.32 bits per heavy atom. The van der Waals surface area contributed by atoms with Crippen LogP contribution in [0.25, 0.3) is 0 Å². The molecule has 2 amide bonds. The standard InChI is InChI=1S/C12H15N3O4/c13-9-7-8(11(16)17)1-2-10(9)14-12(18)15-3-5-19-6-4-15/h1-2,7H,3-6,13H2,(H,14,18)(H,16,17). The molecule has 0 aliphatic carbocycles. The summed E-state index contributed by atoms with van der Waals surface area (Å²) in [5, 5.41) is 11.5. The van der Waals surface area contributed by atoms with Crippen LogP contribution in [0.1, 0.15) is 10.4 Å². The summed E-state index contributed by atoms with van der Waals surface area (Å²) in [7, 11) is 0. The quantitative estimate of drug-likeness (QED) is 0.687. The number of aromatic carboxylic acids is 1. The van der Waals surface area contributed by atoms with Crippen LogP contribution in [0.4, 0.5) is 16.2 Å². The molecule has 1 aromatic carbocycles. The summed E-state index contributed by atoms with van der Waals surface area (Å²) in [6.07, 6.45) is 0. The number of nitrogens with one attached hydrogen (secondary N) is 1. The molecule has 1 aliphatic rings. The van der Waals surface area contributed by atoms with Gasteiger partial charge in [-0.05, 0) is 18.2 Å². The second-order valence-electron chi connectivity index (χ2n) is 4.14. The van der Waals surface area contributed by atoms with Gasteiger partial charge < -0.3 is 25.8 Å². The highest BCUT2D eigenvalue weighted by atomic mass is 16.5. The molecule has 0 unspecified atom stereocenters. The number of anilines is 2. The average Bonchev–Trinajstić information content (AvgIpc) is 2.41. The van der Waals surface area contributed by atoms with Gasteiger partial charge in [-0.1, -0.05) is 0 Å². The third kappa shape index (κ3) is 3.14. The number of hydrogen-bond acceptors (Lipinski definition) is 4. The van der Waals surface area contributed by atoms with Gasteiger partial charge in [0.1, 0.15) is 0 Å². The Labute approximate surface area is 109 Å². The van der Waals surface area contributed by atoms with Crippen LogP contribution in [0.5, 0.6) is 0 Å². The summed E-state index contributed by atoms with van der Waals surface area (Å²) < 4.78 is 5.15. The highest BCUT2D eigenvalue weighted by molar-refractivity contribution is 5.95. The van der Waals surface area contributed by atoms with E-state index in [0.29, 0.717) is 32.0 Å². The van der Waals surface area contributed by atoms with E-state index in [1.54, 1.807) is 4.90 Å². The number of nitrogens with zero attached hydrogens (tertiary/aromatic N) is 1. The van der Waals surface area contributed by atoms with Crippen molar-refractivity contribution < 1.29 is 19.4 Å². The molecule has 0 saturated carbocycles. The van der Waals surface area contributed by atoms with Crippen LogP contribution in [0.15, 0.2) is 18.2 Å². The van der Waals surface area contributed by atoms with E-state index < -0.39 is 5.97 Å². The van der Waals surface area contributed by atoms with Gasteiger partial charge in [0, 0.05) is 13.1 Å². The Morgan fingerprint density at radius 3 is 2.58 bits per heavy atom. The molecule has 1 saturated heterocycles. The lowest BCUT2D eigenvalue weighted by atomic mass is 10.2. The highest BCUT2D eigenvalue weighted by Crippen LogP contribution is 2.20. The monoisotopic (exact) mass is 265 g/mol. The fourth-order valence-electron chi connectivity index (χ4n) is 1.77. The van der Waals surface area contributed by atoms with E-state index in [9.17, 15) is 9.59 Å². The number of carbonyl (C=O) groups excluding carboxylic acids is 1. The van der Waals surface area contributed by atoms with Gasteiger partial charge in [0.05, 0.1) is 30.2 Å². The Bertz CT molecular complexity index is 498. The number of rotatable bonds is 2. The molecule has 0 radical (unpaired) electrons. The molecular weight excluding hydrogens is 250 g/mol. The van der Waals surface area contributed by atoms with Gasteiger partial charge in [0.2, 0.25) is 0 Å². The summed E-state index contributed by atoms with van der Waals surface area (Å²) in [5.41, 5.74) is 6.43. The molecule has 0 bridgehead atoms. The fourth-order valence-corrected chi connectivity index (χ4v) is 1.77. The van der Waals surface area contributed by atoms with Gasteiger partial charge >= 0.3 is 12.0 Å². The van der Waals surface area contributed by atoms with E-state index in [2.05, 4.69) is 5.32 Å². The van der Waals surface area contributed by atoms with E-state index in [1.807, 2.05) is 0 Å². The zero-order chi connectivity index (χ0) is 13.8. The average molecular weight is 265 g/mol. The number of carboxylic acid groups (broad SMARTS) is 1. The van der Waals surface area contributed by atoms with E-state index >= 15 is 0 Å². The molecule has 2 rings (SSSR count). The van der Waals surface area contributed by atoms with Crippen molar-refractivity contribution in [1.82, 2.24) is 4.90 Å². The van der Waals surface area contributed by atoms with Crippen molar-refractivity contribution in [2.24, 2.45) is 0 Å². The first-order valence-electron chi connectivity index (χ1n) is 5.84. The summed E-state index contributed by atoms with van der Waals surface area (Å²) in [4.78, 5) is 24.3. The molecule has 7 nitrogen and oxygen atoms in total. The lowest BCUT2D eigenvalue weighted by molar-refractivity contribution is 0.0564. The zero-order valence-electron chi connectivity index (χ0n) is 10.3. The minimum Gasteiger partial charge on any atom is -0.478 e. The smallest absolute Gasteiger partial charge is 0.335 e. The first-order valence-corrected chi connectivity index (χ1v) is 5.84. The third-order valence-electron chi connectivity index (χ3n) is 2.84. The maximum Gasteiger partial charge on any atom is 0.335 e. The minimum absolute atomic E-state index is 0.0851. The number of hydrogen-bond donors (Lipinski definition) is 3. The van der Waals surface area contributed by atoms with Crippen molar-refractivity contribution in [2.45, 2.75) is 0 Å². The number of nitrogens with two attached hydrogens (primary N) is 1. The van der Waals surface area contributed by atoms with Gasteiger partial charge in [-0.2, -0.15) is 0 Å². The number of nitrogen functional groups attached to an aromatic ring is 1. The number of morpholine rings is 1. The number of benzene rings is 1. The highest BCUT2D eigenvalue weighted by Gasteiger charge is 2.17. The lowest BCUT2D eigenvalue weighted by Gasteiger charge is -2.27. The predicted molar refractivity (Wildman–Crippen MR) is 69.2 cm³/mol. The van der Waals surface area contributed by atoms with Crippen LogP contribution >= 0.6 is 0 Å². The van der Waals surface area contributed by atoms with Crippen LogP contribution in [0.2, 0.25) is 0 Å². The molecule has 19 heavy (non-hydrogen) atoms. The topological polar surface area (TPSA) is 105 Å². The van der Waals surface area contributed by atoms with Crippen LogP contribution in [0, 0.1) is 0 Å². The molecule has 0 aromatic heterocycles. The largest absolute Gasteiger partial charge is 0.478 e. The normalized spacial score (nSPS) is 15.1. The van der Waals surface area contributed by atoms with Crippen molar-refractivity contribution >= 4 is 23.4 Å². The van der Waals surface area contributed by atoms with Crippen molar-refractivity contribution in [3.05, 3.63) is 23.8 Å². The first-order chi connectivity index (χ1) is 9.08. The number of ether oxygens (including phenoxy) is 1. The van der Waals surface area contributed by atoms with Crippen molar-refractivity contribution in [2.75, 3.05) is 37.4 Å². The molecule has 1 aliphatic heterocycles. The summed E-state index contributed by atoms with van der Waals surface area (Å²) in [5.74, 6) is -1.06. The van der Waals surface area contributed by atoms with E-state index in [1.165, 1.54) is 18.2 Å². The SMILES string of the molecule is Nc1cc(C(=O)O)ccc1NC(=O)N1CCOCC1. The summed E-state index contributed by atoms with van der Waals surface area (Å²) in [6, 6.07) is 3.93. The van der Waals surface area contributed by atoms with Crippen molar-refractivity contribution in [1.29, 1.82) is 0 Å². The minimum atomic E-state index is -1.06. The van der Waals surface area contributed by atoms with Crippen molar-refractivity contribution in [3.8, 4) is 0 Å². The van der Waals surface area contributed by atoms with Crippen LogP contribution in [-0.4, -0.2) is 48.3 Å². The maximum absolute atomic E-state index is 11.9. The number of carboxylic acids is 1. The molecule has 1 aromatic rings. The molecule has 0 atom stereocenters. The fraction of sp³-hybridized carbons (Fsp3) is 0.333. The Balaban J connectivity index is 2.06. The van der Waals surface area contributed by atoms with Gasteiger partial charge in [0.25, 0.3) is 0 Å². The van der Waals surface area contributed by atoms with Gasteiger partial charge in [-0.15, -0.1) is 0 Å². The third-order valence-corrected chi connectivity index (χ3v) is 2.84. The predicted octanol–water partition coefficient (Wildman–Crippen LogP) is 0.831. The van der Waals surface area contributed by atoms with E-state index in [0.717, 1.165) is 0 Å². The maximum atomic E-state index is 11.9. The molecule has 7 heteroatoms. The first kappa shape index (κ1) is 13.2. The number of carbonyl (C=O) groups is 2. The molecule has 1 fully saturated rings. The van der Waals surface area contributed by atoms with Crippen LogP contribution < -0.4 is 11.1 Å². The lowest BCUT2D eigenvalue weighted by Crippen LogP contribution is -2.43. The molecule has 1 heterocycles. The van der Waals surface area contributed by atoms with Crippen molar-refractivity contribution in [3.63, 3.8) is 0 Å². The van der Waals surface area contributed by atoms with Crippen LogP contribution in [-0.2, 0) is 4.74 Å². The summed E-state index contributed by atoms with van der Waals surface area (Å²) >= 11 is 0. The molecule has 0 spiro atoms. The second kappa shape index (κ2) is 5.57. The van der Waals surface area contributed by atoms with Gasteiger partial charge in [-0.3, -0.25) is 0 Å². The van der Waals surface area contributed by atoms with E-state index in [4.69, 9.17) is 15.6 Å². The summed E-state index contributed by atoms with van der Waals surface area (Å²) in [6.45, 7) is 2.08. The van der Waals surface area contributed by atoms with Gasteiger partial charge in [0.15, 0.2) is 0 Å². The molecule has 102 valence electrons. The number of amides is 2. The molecular formula is C12H15N3O4. The Kier molecular flexibility index (Phi) is 3.86. The number of urea groups is 1. The Morgan fingerprint density at radius 2 is 2.00 bits per heavy atom. The second-order valence-corrected chi connectivity index (χ2v) is 4.14. The zero-order valence-corrected chi connectivity index (χ0v) is 10.3. The Hall–Kier alpha value is -2.28. The van der Waals surface area contributed by atoms with Gasteiger partial charge in [-0.25, -0.2) is 9.59 Å². The molecule has 4 N–H and O–H groups in total. The van der Waals surface area contributed by atoms with Crippen LogP contribution in [0.3, 0.4) is 0 Å².